The number of carbonyl (C=O) groups excluding carboxylic acids is 1. The highest BCUT2D eigenvalue weighted by Crippen LogP contribution is 2.27. The number of thioether (sulfide) groups is 1. The van der Waals surface area contributed by atoms with E-state index in [1.807, 2.05) is 0 Å². The van der Waals surface area contributed by atoms with Crippen LogP contribution in [0.5, 0.6) is 0 Å². The van der Waals surface area contributed by atoms with Crippen LogP contribution in [0, 0.1) is 0 Å². The maximum atomic E-state index is 10.8. The van der Waals surface area contributed by atoms with E-state index in [1.54, 1.807) is 6.07 Å². The van der Waals surface area contributed by atoms with E-state index in [1.165, 1.54) is 37.1 Å². The molecule has 0 saturated carbocycles. The van der Waals surface area contributed by atoms with Crippen LogP contribution in [0.15, 0.2) is 27.8 Å². The Kier molecular flexibility index (Phi) is 5.63. The van der Waals surface area contributed by atoms with Gasteiger partial charge in [0.2, 0.25) is 0 Å². The number of hydrogen-bond donors (Lipinski definition) is 0. The van der Waals surface area contributed by atoms with Gasteiger partial charge in [0.05, 0.1) is 5.75 Å². The molecule has 3 heterocycles. The standard InChI is InChI=1S/C18H23N3O3S/c1-3-13-10-16(21-9-5-4-6-12(21)2)20-18(19-13)25-11-14-7-8-15(24-14)17(22)23/h7-8,10,12H,3-6,9,11H2,1-2H3,(H,22,23)/p-1/t12-/m1/s1. The van der Waals surface area contributed by atoms with Crippen LogP contribution in [-0.2, 0) is 12.2 Å². The number of aryl methyl sites for hydroxylation is 1. The summed E-state index contributed by atoms with van der Waals surface area (Å²) in [5, 5.41) is 11.5. The van der Waals surface area contributed by atoms with E-state index < -0.39 is 5.97 Å². The third-order valence-electron chi connectivity index (χ3n) is 4.41. The monoisotopic (exact) mass is 360 g/mol. The van der Waals surface area contributed by atoms with Crippen LogP contribution < -0.4 is 10.0 Å². The van der Waals surface area contributed by atoms with Gasteiger partial charge in [-0.2, -0.15) is 0 Å². The first-order valence-corrected chi connectivity index (χ1v) is 9.63. The van der Waals surface area contributed by atoms with Crippen LogP contribution in [0.25, 0.3) is 0 Å². The molecule has 0 radical (unpaired) electrons. The van der Waals surface area contributed by atoms with Gasteiger partial charge in [0.15, 0.2) is 5.16 Å². The fourth-order valence-corrected chi connectivity index (χ4v) is 3.76. The number of aromatic carboxylic acids is 1. The lowest BCUT2D eigenvalue weighted by Crippen LogP contribution is -2.38. The molecule has 0 spiro atoms. The van der Waals surface area contributed by atoms with E-state index in [-0.39, 0.29) is 5.76 Å². The van der Waals surface area contributed by atoms with Crippen LogP contribution >= 0.6 is 11.8 Å². The van der Waals surface area contributed by atoms with Gasteiger partial charge < -0.3 is 19.2 Å². The predicted octanol–water partition coefficient (Wildman–Crippen LogP) is 2.67. The molecule has 1 aliphatic heterocycles. The minimum atomic E-state index is -1.30. The van der Waals surface area contributed by atoms with E-state index >= 15 is 0 Å². The van der Waals surface area contributed by atoms with Gasteiger partial charge in [-0.05, 0) is 44.7 Å². The summed E-state index contributed by atoms with van der Waals surface area (Å²) in [5.41, 5.74) is 1.01. The number of hydrogen-bond acceptors (Lipinski definition) is 7. The molecule has 7 heteroatoms. The summed E-state index contributed by atoms with van der Waals surface area (Å²) in [6.07, 6.45) is 4.49. The maximum absolute atomic E-state index is 10.8. The number of piperidine rings is 1. The summed E-state index contributed by atoms with van der Waals surface area (Å²) in [5.74, 6) is 0.581. The summed E-state index contributed by atoms with van der Waals surface area (Å²) < 4.78 is 5.24. The molecule has 2 aromatic heterocycles. The highest BCUT2D eigenvalue weighted by atomic mass is 32.2. The molecule has 1 aliphatic rings. The smallest absolute Gasteiger partial charge is 0.190 e. The van der Waals surface area contributed by atoms with Gasteiger partial charge in [0.1, 0.15) is 23.3 Å². The lowest BCUT2D eigenvalue weighted by molar-refractivity contribution is -0.257. The fraction of sp³-hybridized carbons (Fsp3) is 0.500. The quantitative estimate of drug-likeness (QED) is 0.578. The number of carboxylic acid groups (broad SMARTS) is 1. The number of carboxylic acids is 1. The summed E-state index contributed by atoms with van der Waals surface area (Å²) in [4.78, 5) is 22.4. The first-order valence-electron chi connectivity index (χ1n) is 8.64. The third-order valence-corrected chi connectivity index (χ3v) is 5.28. The molecule has 25 heavy (non-hydrogen) atoms. The van der Waals surface area contributed by atoms with Gasteiger partial charge in [0, 0.05) is 24.3 Å². The van der Waals surface area contributed by atoms with Crippen molar-refractivity contribution in [1.29, 1.82) is 0 Å². The minimum Gasteiger partial charge on any atom is -0.542 e. The number of anilines is 1. The molecule has 2 aromatic rings. The van der Waals surface area contributed by atoms with Crippen molar-refractivity contribution >= 4 is 23.5 Å². The van der Waals surface area contributed by atoms with E-state index in [9.17, 15) is 9.90 Å². The van der Waals surface area contributed by atoms with Crippen LogP contribution in [0.2, 0.25) is 0 Å². The Bertz CT molecular complexity index is 747. The molecule has 3 rings (SSSR count). The average Bonchev–Trinajstić information content (AvgIpc) is 3.09. The lowest BCUT2D eigenvalue weighted by Gasteiger charge is -2.34. The molecule has 0 unspecified atom stereocenters. The van der Waals surface area contributed by atoms with Crippen molar-refractivity contribution in [2.45, 2.75) is 56.5 Å². The van der Waals surface area contributed by atoms with E-state index in [0.717, 1.165) is 24.5 Å². The Morgan fingerprint density at radius 2 is 2.24 bits per heavy atom. The van der Waals surface area contributed by atoms with Gasteiger partial charge >= 0.3 is 0 Å². The Labute approximate surface area is 151 Å². The average molecular weight is 360 g/mol. The van der Waals surface area contributed by atoms with E-state index in [0.29, 0.717) is 22.7 Å². The van der Waals surface area contributed by atoms with Crippen molar-refractivity contribution in [3.05, 3.63) is 35.4 Å². The van der Waals surface area contributed by atoms with Gasteiger partial charge in [-0.3, -0.25) is 0 Å². The summed E-state index contributed by atoms with van der Waals surface area (Å²) in [7, 11) is 0. The second-order valence-electron chi connectivity index (χ2n) is 6.23. The van der Waals surface area contributed by atoms with Crippen molar-refractivity contribution in [3.8, 4) is 0 Å². The summed E-state index contributed by atoms with van der Waals surface area (Å²) in [6, 6.07) is 5.62. The molecule has 0 N–H and O–H groups in total. The molecule has 0 aliphatic carbocycles. The SMILES string of the molecule is CCc1cc(N2CCCC[C@H]2C)nc(SCc2ccc(C(=O)[O-])o2)n1. The number of aromatic nitrogens is 2. The molecule has 0 bridgehead atoms. The zero-order valence-corrected chi connectivity index (χ0v) is 15.3. The van der Waals surface area contributed by atoms with E-state index in [2.05, 4.69) is 29.8 Å². The van der Waals surface area contributed by atoms with Gasteiger partial charge in [-0.1, -0.05) is 18.7 Å². The minimum absolute atomic E-state index is 0.151. The fourth-order valence-electron chi connectivity index (χ4n) is 2.99. The van der Waals surface area contributed by atoms with Crippen molar-refractivity contribution < 1.29 is 14.3 Å². The Hall–Kier alpha value is -2.02. The molecule has 0 amide bonds. The Morgan fingerprint density at radius 1 is 1.40 bits per heavy atom. The van der Waals surface area contributed by atoms with Crippen molar-refractivity contribution in [2.75, 3.05) is 11.4 Å². The second kappa shape index (κ2) is 7.91. The molecule has 1 fully saturated rings. The van der Waals surface area contributed by atoms with Gasteiger partial charge in [-0.15, -0.1) is 0 Å². The normalized spacial score (nSPS) is 17.7. The molecular weight excluding hydrogens is 338 g/mol. The van der Waals surface area contributed by atoms with Crippen molar-refractivity contribution in [2.24, 2.45) is 0 Å². The van der Waals surface area contributed by atoms with E-state index in [4.69, 9.17) is 9.40 Å². The largest absolute Gasteiger partial charge is 0.542 e. The topological polar surface area (TPSA) is 82.3 Å². The highest BCUT2D eigenvalue weighted by molar-refractivity contribution is 7.98. The van der Waals surface area contributed by atoms with Crippen LogP contribution in [0.4, 0.5) is 5.82 Å². The molecule has 1 atom stereocenters. The Balaban J connectivity index is 1.75. The number of nitrogens with zero attached hydrogens (tertiary/aromatic N) is 3. The lowest BCUT2D eigenvalue weighted by atomic mass is 10.0. The van der Waals surface area contributed by atoms with Crippen molar-refractivity contribution in [3.63, 3.8) is 0 Å². The molecule has 6 nitrogen and oxygen atoms in total. The maximum Gasteiger partial charge on any atom is 0.190 e. The summed E-state index contributed by atoms with van der Waals surface area (Å²) >= 11 is 1.45. The molecular formula is C18H22N3O3S-. The third kappa shape index (κ3) is 4.34. The Morgan fingerprint density at radius 3 is 2.92 bits per heavy atom. The molecule has 134 valence electrons. The zero-order chi connectivity index (χ0) is 17.8. The molecule has 1 saturated heterocycles. The zero-order valence-electron chi connectivity index (χ0n) is 14.5. The van der Waals surface area contributed by atoms with Crippen molar-refractivity contribution in [1.82, 2.24) is 9.97 Å². The number of rotatable bonds is 6. The van der Waals surface area contributed by atoms with Crippen LogP contribution in [-0.4, -0.2) is 28.5 Å². The summed E-state index contributed by atoms with van der Waals surface area (Å²) in [6.45, 7) is 5.35. The highest BCUT2D eigenvalue weighted by Gasteiger charge is 2.21. The first kappa shape index (κ1) is 17.8. The predicted molar refractivity (Wildman–Crippen MR) is 94.7 cm³/mol. The van der Waals surface area contributed by atoms with Crippen LogP contribution in [0.3, 0.4) is 0 Å². The van der Waals surface area contributed by atoms with Crippen LogP contribution in [0.1, 0.15) is 55.1 Å². The second-order valence-corrected chi connectivity index (χ2v) is 7.18. The van der Waals surface area contributed by atoms with Gasteiger partial charge in [0.25, 0.3) is 0 Å². The molecule has 0 aromatic carbocycles. The van der Waals surface area contributed by atoms with Gasteiger partial charge in [-0.25, -0.2) is 9.97 Å². The number of carbonyl (C=O) groups is 1. The number of furan rings is 1. The first-order chi connectivity index (χ1) is 12.1.